The molecule has 2 aliphatic rings. The van der Waals surface area contributed by atoms with Crippen molar-refractivity contribution >= 4 is 30.1 Å². The van der Waals surface area contributed by atoms with Crippen LogP contribution in [0.4, 0.5) is 0 Å². The van der Waals surface area contributed by atoms with E-state index in [4.69, 9.17) is 0 Å². The maximum atomic E-state index is 12.3. The lowest BCUT2D eigenvalue weighted by Gasteiger charge is -2.30. The van der Waals surface area contributed by atoms with E-state index in [2.05, 4.69) is 24.5 Å². The molecule has 5 heteroatoms. The van der Waals surface area contributed by atoms with Gasteiger partial charge in [-0.2, -0.15) is 11.8 Å². The molecule has 2 unspecified atom stereocenters. The normalized spacial score (nSPS) is 35.2. The Balaban J connectivity index is 0.00000162. The summed E-state index contributed by atoms with van der Waals surface area (Å²) >= 11 is 2.00. The average molecular weight is 293 g/mol. The smallest absolute Gasteiger partial charge is 0.240 e. The predicted octanol–water partition coefficient (Wildman–Crippen LogP) is 2.34. The van der Waals surface area contributed by atoms with Crippen molar-refractivity contribution in [1.82, 2.24) is 10.6 Å². The summed E-state index contributed by atoms with van der Waals surface area (Å²) in [5.74, 6) is 1.45. The SMILES string of the molecule is CCC1(C(=O)NCC2(C)CCCS2)CCCN1.Cl. The first-order chi connectivity index (χ1) is 8.10. The van der Waals surface area contributed by atoms with E-state index in [9.17, 15) is 4.79 Å². The number of nitrogens with one attached hydrogen (secondary N) is 2. The lowest BCUT2D eigenvalue weighted by molar-refractivity contribution is -0.127. The van der Waals surface area contributed by atoms with Crippen molar-refractivity contribution in [2.75, 3.05) is 18.8 Å². The lowest BCUT2D eigenvalue weighted by atomic mass is 9.93. The van der Waals surface area contributed by atoms with Gasteiger partial charge < -0.3 is 10.6 Å². The molecule has 2 rings (SSSR count). The molecular formula is C13H25ClN2OS. The molecule has 2 aliphatic heterocycles. The molecule has 2 atom stereocenters. The average Bonchev–Trinajstić information content (AvgIpc) is 2.96. The molecule has 0 radical (unpaired) electrons. The van der Waals surface area contributed by atoms with E-state index in [1.165, 1.54) is 18.6 Å². The van der Waals surface area contributed by atoms with Gasteiger partial charge in [0.25, 0.3) is 0 Å². The van der Waals surface area contributed by atoms with Gasteiger partial charge in [0.15, 0.2) is 0 Å². The second-order valence-electron chi connectivity index (χ2n) is 5.55. The fraction of sp³-hybridized carbons (Fsp3) is 0.923. The molecule has 2 saturated heterocycles. The number of rotatable bonds is 4. The van der Waals surface area contributed by atoms with Gasteiger partial charge in [0.2, 0.25) is 5.91 Å². The van der Waals surface area contributed by atoms with Crippen LogP contribution in [-0.2, 0) is 4.79 Å². The highest BCUT2D eigenvalue weighted by molar-refractivity contribution is 8.00. The highest BCUT2D eigenvalue weighted by Gasteiger charge is 2.40. The molecule has 18 heavy (non-hydrogen) atoms. The summed E-state index contributed by atoms with van der Waals surface area (Å²) in [5, 5.41) is 6.57. The van der Waals surface area contributed by atoms with Gasteiger partial charge in [-0.15, -0.1) is 12.4 Å². The van der Waals surface area contributed by atoms with Crippen LogP contribution in [0, 0.1) is 0 Å². The number of carbonyl (C=O) groups is 1. The molecule has 0 bridgehead atoms. The van der Waals surface area contributed by atoms with Gasteiger partial charge in [-0.05, 0) is 51.3 Å². The van der Waals surface area contributed by atoms with Crippen LogP contribution in [0.25, 0.3) is 0 Å². The van der Waals surface area contributed by atoms with Crippen LogP contribution in [0.2, 0.25) is 0 Å². The third kappa shape index (κ3) is 3.34. The molecule has 2 fully saturated rings. The largest absolute Gasteiger partial charge is 0.353 e. The zero-order valence-electron chi connectivity index (χ0n) is 11.4. The van der Waals surface area contributed by atoms with Crippen molar-refractivity contribution in [2.45, 2.75) is 56.2 Å². The maximum Gasteiger partial charge on any atom is 0.240 e. The minimum absolute atomic E-state index is 0. The van der Waals surface area contributed by atoms with Gasteiger partial charge >= 0.3 is 0 Å². The Labute approximate surface area is 121 Å². The van der Waals surface area contributed by atoms with Crippen molar-refractivity contribution in [3.63, 3.8) is 0 Å². The minimum Gasteiger partial charge on any atom is -0.353 e. The fourth-order valence-corrected chi connectivity index (χ4v) is 4.12. The number of halogens is 1. The van der Waals surface area contributed by atoms with E-state index < -0.39 is 0 Å². The van der Waals surface area contributed by atoms with Crippen LogP contribution < -0.4 is 10.6 Å². The Morgan fingerprint density at radius 2 is 2.17 bits per heavy atom. The fourth-order valence-electron chi connectivity index (χ4n) is 2.88. The summed E-state index contributed by atoms with van der Waals surface area (Å²) in [6.45, 7) is 6.17. The van der Waals surface area contributed by atoms with Gasteiger partial charge in [0.05, 0.1) is 5.54 Å². The van der Waals surface area contributed by atoms with E-state index >= 15 is 0 Å². The van der Waals surface area contributed by atoms with E-state index in [1.54, 1.807) is 0 Å². The second kappa shape index (κ2) is 6.49. The summed E-state index contributed by atoms with van der Waals surface area (Å²) in [5.41, 5.74) is -0.278. The van der Waals surface area contributed by atoms with Crippen LogP contribution in [0.15, 0.2) is 0 Å². The molecule has 0 spiro atoms. The zero-order chi connectivity index (χ0) is 12.4. The third-order valence-corrected chi connectivity index (χ3v) is 5.74. The Bertz CT molecular complexity index is 287. The van der Waals surface area contributed by atoms with Gasteiger partial charge in [-0.1, -0.05) is 6.92 Å². The minimum atomic E-state index is -0.278. The first-order valence-corrected chi connectivity index (χ1v) is 7.76. The number of hydrogen-bond acceptors (Lipinski definition) is 3. The number of amides is 1. The van der Waals surface area contributed by atoms with Crippen LogP contribution in [0.1, 0.15) is 46.0 Å². The van der Waals surface area contributed by atoms with Gasteiger partial charge in [0, 0.05) is 11.3 Å². The standard InChI is InChI=1S/C13H24N2OS.ClH/c1-3-13(7-4-8-15-13)11(16)14-10-12(2)6-5-9-17-12;/h15H,3-10H2,1-2H3,(H,14,16);1H. The van der Waals surface area contributed by atoms with Crippen molar-refractivity contribution < 1.29 is 4.79 Å². The Morgan fingerprint density at radius 3 is 2.67 bits per heavy atom. The summed E-state index contributed by atoms with van der Waals surface area (Å²) in [4.78, 5) is 12.3. The predicted molar refractivity (Wildman–Crippen MR) is 80.6 cm³/mol. The highest BCUT2D eigenvalue weighted by Crippen LogP contribution is 2.37. The van der Waals surface area contributed by atoms with Gasteiger partial charge in [-0.25, -0.2) is 0 Å². The van der Waals surface area contributed by atoms with E-state index in [1.807, 2.05) is 11.8 Å². The number of carbonyl (C=O) groups excluding carboxylic acids is 1. The number of hydrogen-bond donors (Lipinski definition) is 2. The molecule has 0 aliphatic carbocycles. The quantitative estimate of drug-likeness (QED) is 0.836. The van der Waals surface area contributed by atoms with Crippen LogP contribution in [0.5, 0.6) is 0 Å². The van der Waals surface area contributed by atoms with Gasteiger partial charge in [0.1, 0.15) is 0 Å². The Hall–Kier alpha value is 0.0700. The Kier molecular flexibility index (Phi) is 5.81. The molecule has 3 nitrogen and oxygen atoms in total. The van der Waals surface area contributed by atoms with Crippen molar-refractivity contribution in [1.29, 1.82) is 0 Å². The maximum absolute atomic E-state index is 12.3. The third-order valence-electron chi connectivity index (χ3n) is 4.21. The first-order valence-electron chi connectivity index (χ1n) is 6.78. The monoisotopic (exact) mass is 292 g/mol. The zero-order valence-corrected chi connectivity index (χ0v) is 13.0. The van der Waals surface area contributed by atoms with E-state index in [0.29, 0.717) is 0 Å². The molecule has 0 saturated carbocycles. The van der Waals surface area contributed by atoms with E-state index in [0.717, 1.165) is 32.4 Å². The second-order valence-corrected chi connectivity index (χ2v) is 7.23. The van der Waals surface area contributed by atoms with Crippen LogP contribution in [-0.4, -0.2) is 35.0 Å². The summed E-state index contributed by atoms with van der Waals surface area (Å²) in [6.07, 6.45) is 5.51. The highest BCUT2D eigenvalue weighted by atomic mass is 35.5. The lowest BCUT2D eigenvalue weighted by Crippen LogP contribution is -2.55. The molecular weight excluding hydrogens is 268 g/mol. The Morgan fingerprint density at radius 1 is 1.39 bits per heavy atom. The number of thioether (sulfide) groups is 1. The van der Waals surface area contributed by atoms with E-state index in [-0.39, 0.29) is 28.6 Å². The van der Waals surface area contributed by atoms with Crippen LogP contribution >= 0.6 is 24.2 Å². The van der Waals surface area contributed by atoms with Crippen LogP contribution in [0.3, 0.4) is 0 Å². The summed E-state index contributed by atoms with van der Waals surface area (Å²) in [6, 6.07) is 0. The molecule has 0 aromatic carbocycles. The van der Waals surface area contributed by atoms with Crippen molar-refractivity contribution in [3.8, 4) is 0 Å². The molecule has 1 amide bonds. The van der Waals surface area contributed by atoms with Crippen molar-refractivity contribution in [3.05, 3.63) is 0 Å². The van der Waals surface area contributed by atoms with Gasteiger partial charge in [-0.3, -0.25) is 4.79 Å². The molecule has 0 aromatic heterocycles. The molecule has 2 N–H and O–H groups in total. The van der Waals surface area contributed by atoms with Crippen molar-refractivity contribution in [2.24, 2.45) is 0 Å². The summed E-state index contributed by atoms with van der Waals surface area (Å²) in [7, 11) is 0. The first kappa shape index (κ1) is 16.1. The molecule has 106 valence electrons. The topological polar surface area (TPSA) is 41.1 Å². The summed E-state index contributed by atoms with van der Waals surface area (Å²) < 4.78 is 0.267. The molecule has 0 aromatic rings. The molecule has 2 heterocycles.